The summed E-state index contributed by atoms with van der Waals surface area (Å²) >= 11 is 1.43. The Kier molecular flexibility index (Phi) is 6.19. The molecule has 6 heteroatoms. The fourth-order valence-electron chi connectivity index (χ4n) is 4.08. The molecule has 0 aliphatic heterocycles. The maximum atomic E-state index is 12.6. The van der Waals surface area contributed by atoms with E-state index in [9.17, 15) is 4.79 Å². The number of aromatic nitrogens is 3. The van der Waals surface area contributed by atoms with Gasteiger partial charge in [-0.25, -0.2) is 0 Å². The van der Waals surface area contributed by atoms with Crippen molar-refractivity contribution < 1.29 is 4.79 Å². The van der Waals surface area contributed by atoms with Crippen LogP contribution in [0.4, 0.5) is 0 Å². The van der Waals surface area contributed by atoms with Gasteiger partial charge in [0, 0.05) is 12.6 Å². The molecule has 1 aliphatic carbocycles. The highest BCUT2D eigenvalue weighted by molar-refractivity contribution is 7.99. The molecule has 1 unspecified atom stereocenters. The summed E-state index contributed by atoms with van der Waals surface area (Å²) in [7, 11) is 1.95. The van der Waals surface area contributed by atoms with Crippen LogP contribution in [0.25, 0.3) is 11.4 Å². The second-order valence-electron chi connectivity index (χ2n) is 9.19. The van der Waals surface area contributed by atoms with Crippen molar-refractivity contribution in [1.29, 1.82) is 0 Å². The second-order valence-corrected chi connectivity index (χ2v) is 10.1. The summed E-state index contributed by atoms with van der Waals surface area (Å²) in [5.74, 6) is 1.17. The fourth-order valence-corrected chi connectivity index (χ4v) is 4.80. The first kappa shape index (κ1) is 21.6. The zero-order chi connectivity index (χ0) is 22.0. The number of amides is 1. The van der Waals surface area contributed by atoms with Gasteiger partial charge in [0.25, 0.3) is 0 Å². The molecular formula is C25H30N4OS. The van der Waals surface area contributed by atoms with Gasteiger partial charge in [-0.15, -0.1) is 10.2 Å². The number of nitrogens with one attached hydrogen (secondary N) is 1. The SMILES string of the molecule is Cn1c(SCC(=O)NC2CCCc3ccccc32)nnc1-c1ccc(C(C)(C)C)cc1. The minimum absolute atomic E-state index is 0.0331. The van der Waals surface area contributed by atoms with Crippen LogP contribution >= 0.6 is 11.8 Å². The van der Waals surface area contributed by atoms with E-state index in [0.717, 1.165) is 35.8 Å². The summed E-state index contributed by atoms with van der Waals surface area (Å²) in [5, 5.41) is 12.6. The lowest BCUT2D eigenvalue weighted by molar-refractivity contribution is -0.119. The van der Waals surface area contributed by atoms with Crippen LogP contribution in [-0.4, -0.2) is 26.4 Å². The molecule has 0 radical (unpaired) electrons. The Hall–Kier alpha value is -2.60. The minimum atomic E-state index is 0.0331. The summed E-state index contributed by atoms with van der Waals surface area (Å²) < 4.78 is 1.96. The maximum absolute atomic E-state index is 12.6. The van der Waals surface area contributed by atoms with E-state index in [-0.39, 0.29) is 17.4 Å². The van der Waals surface area contributed by atoms with Crippen LogP contribution in [0.3, 0.4) is 0 Å². The Morgan fingerprint density at radius 2 is 1.87 bits per heavy atom. The monoisotopic (exact) mass is 434 g/mol. The molecule has 0 saturated carbocycles. The van der Waals surface area contributed by atoms with Crippen molar-refractivity contribution >= 4 is 17.7 Å². The first-order chi connectivity index (χ1) is 14.8. The predicted molar refractivity (Wildman–Crippen MR) is 126 cm³/mol. The third-order valence-corrected chi connectivity index (χ3v) is 6.90. The van der Waals surface area contributed by atoms with Crippen molar-refractivity contribution in [3.05, 3.63) is 65.2 Å². The van der Waals surface area contributed by atoms with Crippen molar-refractivity contribution in [1.82, 2.24) is 20.1 Å². The number of fused-ring (bicyclic) bond motifs is 1. The highest BCUT2D eigenvalue weighted by Crippen LogP contribution is 2.30. The summed E-state index contributed by atoms with van der Waals surface area (Å²) in [6.07, 6.45) is 3.19. The molecule has 2 aromatic carbocycles. The largest absolute Gasteiger partial charge is 0.349 e. The molecule has 1 N–H and O–H groups in total. The number of hydrogen-bond donors (Lipinski definition) is 1. The Morgan fingerprint density at radius 3 is 2.61 bits per heavy atom. The van der Waals surface area contributed by atoms with Gasteiger partial charge in [-0.3, -0.25) is 4.79 Å². The molecule has 5 nitrogen and oxygen atoms in total. The lowest BCUT2D eigenvalue weighted by Crippen LogP contribution is -2.32. The van der Waals surface area contributed by atoms with Crippen molar-refractivity contribution in [2.75, 3.05) is 5.75 Å². The molecular weight excluding hydrogens is 404 g/mol. The van der Waals surface area contributed by atoms with Gasteiger partial charge < -0.3 is 9.88 Å². The van der Waals surface area contributed by atoms with E-state index in [1.165, 1.54) is 28.5 Å². The third kappa shape index (κ3) is 4.85. The van der Waals surface area contributed by atoms with Crippen LogP contribution in [0.15, 0.2) is 53.7 Å². The van der Waals surface area contributed by atoms with Crippen molar-refractivity contribution in [2.24, 2.45) is 7.05 Å². The fraction of sp³-hybridized carbons (Fsp3) is 0.400. The highest BCUT2D eigenvalue weighted by atomic mass is 32.2. The Balaban J connectivity index is 1.39. The number of benzene rings is 2. The van der Waals surface area contributed by atoms with Gasteiger partial charge in [-0.1, -0.05) is 81.1 Å². The van der Waals surface area contributed by atoms with E-state index in [1.54, 1.807) is 0 Å². The maximum Gasteiger partial charge on any atom is 0.230 e. The first-order valence-electron chi connectivity index (χ1n) is 10.8. The second kappa shape index (κ2) is 8.87. The quantitative estimate of drug-likeness (QED) is 0.570. The van der Waals surface area contributed by atoms with Gasteiger partial charge >= 0.3 is 0 Å². The van der Waals surface area contributed by atoms with Gasteiger partial charge in [-0.05, 0) is 41.4 Å². The van der Waals surface area contributed by atoms with Gasteiger partial charge in [0.15, 0.2) is 11.0 Å². The molecule has 3 aromatic rings. The van der Waals surface area contributed by atoms with E-state index >= 15 is 0 Å². The number of thioether (sulfide) groups is 1. The molecule has 1 atom stereocenters. The Labute approximate surface area is 188 Å². The molecule has 31 heavy (non-hydrogen) atoms. The van der Waals surface area contributed by atoms with Gasteiger partial charge in [0.1, 0.15) is 0 Å². The summed E-state index contributed by atoms with van der Waals surface area (Å²) in [5.41, 5.74) is 5.03. The van der Waals surface area contributed by atoms with Gasteiger partial charge in [0.2, 0.25) is 5.91 Å². The molecule has 0 bridgehead atoms. The normalized spacial score (nSPS) is 16.1. The Morgan fingerprint density at radius 1 is 1.13 bits per heavy atom. The molecule has 1 aromatic heterocycles. The van der Waals surface area contributed by atoms with E-state index in [2.05, 4.69) is 78.7 Å². The average molecular weight is 435 g/mol. The third-order valence-electron chi connectivity index (χ3n) is 5.88. The molecule has 1 heterocycles. The smallest absolute Gasteiger partial charge is 0.230 e. The van der Waals surface area contributed by atoms with Crippen LogP contribution in [0, 0.1) is 0 Å². The standard InChI is InChI=1S/C25H30N4OS/c1-25(2,3)19-14-12-18(13-15-19)23-27-28-24(29(23)4)31-16-22(30)26-21-11-7-9-17-8-5-6-10-20(17)21/h5-6,8,10,12-15,21H,7,9,11,16H2,1-4H3,(H,26,30). The minimum Gasteiger partial charge on any atom is -0.349 e. The van der Waals surface area contributed by atoms with E-state index in [0.29, 0.717) is 5.75 Å². The molecule has 1 aliphatic rings. The zero-order valence-electron chi connectivity index (χ0n) is 18.7. The Bertz CT molecular complexity index is 1070. The zero-order valence-corrected chi connectivity index (χ0v) is 19.5. The number of hydrogen-bond acceptors (Lipinski definition) is 4. The van der Waals surface area contributed by atoms with Crippen LogP contribution in [0.2, 0.25) is 0 Å². The number of carbonyl (C=O) groups is 1. The van der Waals surface area contributed by atoms with Crippen molar-refractivity contribution in [3.8, 4) is 11.4 Å². The van der Waals surface area contributed by atoms with Gasteiger partial charge in [0.05, 0.1) is 11.8 Å². The number of aryl methyl sites for hydroxylation is 1. The summed E-state index contributed by atoms with van der Waals surface area (Å²) in [6, 6.07) is 17.0. The highest BCUT2D eigenvalue weighted by Gasteiger charge is 2.22. The summed E-state index contributed by atoms with van der Waals surface area (Å²) in [4.78, 5) is 12.6. The van der Waals surface area contributed by atoms with Crippen LogP contribution in [0.1, 0.15) is 56.3 Å². The lowest BCUT2D eigenvalue weighted by atomic mass is 9.87. The van der Waals surface area contributed by atoms with Gasteiger partial charge in [-0.2, -0.15) is 0 Å². The van der Waals surface area contributed by atoms with Crippen LogP contribution < -0.4 is 5.32 Å². The molecule has 0 fully saturated rings. The van der Waals surface area contributed by atoms with Crippen molar-refractivity contribution in [3.63, 3.8) is 0 Å². The summed E-state index contributed by atoms with van der Waals surface area (Å²) in [6.45, 7) is 6.61. The topological polar surface area (TPSA) is 59.8 Å². The van der Waals surface area contributed by atoms with E-state index in [4.69, 9.17) is 0 Å². The van der Waals surface area contributed by atoms with Crippen LogP contribution in [-0.2, 0) is 23.7 Å². The number of rotatable bonds is 5. The lowest BCUT2D eigenvalue weighted by Gasteiger charge is -2.26. The van der Waals surface area contributed by atoms with Crippen molar-refractivity contribution in [2.45, 2.75) is 56.6 Å². The molecule has 0 saturated heterocycles. The van der Waals surface area contributed by atoms with E-state index in [1.807, 2.05) is 17.7 Å². The predicted octanol–water partition coefficient (Wildman–Crippen LogP) is 5.07. The van der Waals surface area contributed by atoms with E-state index < -0.39 is 0 Å². The molecule has 162 valence electrons. The molecule has 4 rings (SSSR count). The number of nitrogens with zero attached hydrogens (tertiary/aromatic N) is 3. The number of carbonyl (C=O) groups excluding carboxylic acids is 1. The van der Waals surface area contributed by atoms with Crippen LogP contribution in [0.5, 0.6) is 0 Å². The molecule has 0 spiro atoms. The average Bonchev–Trinajstić information content (AvgIpc) is 3.12. The molecule has 1 amide bonds. The first-order valence-corrected chi connectivity index (χ1v) is 11.8.